The van der Waals surface area contributed by atoms with Gasteiger partial charge in [0.1, 0.15) is 12.4 Å². The van der Waals surface area contributed by atoms with Crippen LogP contribution in [0.5, 0.6) is 5.75 Å². The number of benzene rings is 1. The van der Waals surface area contributed by atoms with Crippen molar-refractivity contribution in [2.45, 2.75) is 25.9 Å². The lowest BCUT2D eigenvalue weighted by atomic mass is 10.2. The van der Waals surface area contributed by atoms with Gasteiger partial charge in [-0.3, -0.25) is 4.21 Å². The fraction of sp³-hybridized carbons (Fsp3) is 0.467. The zero-order valence-corrected chi connectivity index (χ0v) is 12.5. The minimum Gasteiger partial charge on any atom is -0.489 e. The molecule has 2 unspecified atom stereocenters. The van der Waals surface area contributed by atoms with Crippen LogP contribution >= 0.6 is 0 Å². The van der Waals surface area contributed by atoms with Gasteiger partial charge < -0.3 is 10.1 Å². The van der Waals surface area contributed by atoms with Gasteiger partial charge in [0.25, 0.3) is 0 Å². The zero-order valence-electron chi connectivity index (χ0n) is 11.7. The molecule has 19 heavy (non-hydrogen) atoms. The smallest absolute Gasteiger partial charge is 0.124 e. The molecular formula is C15H23NO2S. The van der Waals surface area contributed by atoms with Crippen molar-refractivity contribution in [1.29, 1.82) is 0 Å². The summed E-state index contributed by atoms with van der Waals surface area (Å²) in [6.07, 6.45) is 4.40. The number of hydrogen-bond acceptors (Lipinski definition) is 3. The molecule has 2 atom stereocenters. The first-order valence-electron chi connectivity index (χ1n) is 6.48. The first-order valence-corrected chi connectivity index (χ1v) is 8.21. The van der Waals surface area contributed by atoms with Crippen LogP contribution in [0.1, 0.15) is 18.9 Å². The molecule has 3 nitrogen and oxygen atoms in total. The van der Waals surface area contributed by atoms with E-state index >= 15 is 0 Å². The molecule has 106 valence electrons. The van der Waals surface area contributed by atoms with E-state index in [9.17, 15) is 4.21 Å². The number of rotatable bonds is 9. The van der Waals surface area contributed by atoms with Gasteiger partial charge in [-0.15, -0.1) is 0 Å². The Morgan fingerprint density at radius 2 is 2.21 bits per heavy atom. The highest BCUT2D eigenvalue weighted by Gasteiger charge is 2.06. The van der Waals surface area contributed by atoms with Gasteiger partial charge in [-0.2, -0.15) is 0 Å². The molecule has 1 rings (SSSR count). The molecule has 0 aliphatic carbocycles. The molecule has 0 saturated heterocycles. The second kappa shape index (κ2) is 8.88. The molecule has 0 aliphatic rings. The quantitative estimate of drug-likeness (QED) is 0.707. The molecule has 0 saturated carbocycles. The summed E-state index contributed by atoms with van der Waals surface area (Å²) in [5, 5.41) is 3.43. The van der Waals surface area contributed by atoms with Crippen LogP contribution in [0.2, 0.25) is 0 Å². The van der Waals surface area contributed by atoms with Crippen molar-refractivity contribution in [1.82, 2.24) is 5.32 Å². The topological polar surface area (TPSA) is 38.3 Å². The Kier molecular flexibility index (Phi) is 7.45. The van der Waals surface area contributed by atoms with Crippen LogP contribution in [0.15, 0.2) is 36.9 Å². The van der Waals surface area contributed by atoms with Gasteiger partial charge in [-0.1, -0.05) is 30.9 Å². The highest BCUT2D eigenvalue weighted by atomic mass is 32.2. The zero-order chi connectivity index (χ0) is 14.1. The Morgan fingerprint density at radius 3 is 2.89 bits per heavy atom. The van der Waals surface area contributed by atoms with Crippen LogP contribution < -0.4 is 10.1 Å². The number of para-hydroxylation sites is 1. The largest absolute Gasteiger partial charge is 0.489 e. The Bertz CT molecular complexity index is 420. The van der Waals surface area contributed by atoms with Crippen LogP contribution in [0.25, 0.3) is 0 Å². The molecular weight excluding hydrogens is 258 g/mol. The van der Waals surface area contributed by atoms with Crippen LogP contribution in [-0.4, -0.2) is 28.9 Å². The summed E-state index contributed by atoms with van der Waals surface area (Å²) in [6, 6.07) is 8.33. The fourth-order valence-corrected chi connectivity index (χ4v) is 2.35. The standard InChI is InChI=1S/C15H23NO2S/c1-4-10-18-15-8-6-5-7-14(15)12-16-13(2)9-11-19(3)17/h4-8,13,16H,1,9-12H2,2-3H3. The summed E-state index contributed by atoms with van der Waals surface area (Å²) in [5.41, 5.74) is 1.13. The third-order valence-electron chi connectivity index (χ3n) is 2.81. The summed E-state index contributed by atoms with van der Waals surface area (Å²) in [5.74, 6) is 1.63. The lowest BCUT2D eigenvalue weighted by Gasteiger charge is -2.15. The van der Waals surface area contributed by atoms with E-state index in [0.29, 0.717) is 12.6 Å². The van der Waals surface area contributed by atoms with Gasteiger partial charge in [0.05, 0.1) is 0 Å². The van der Waals surface area contributed by atoms with E-state index in [1.54, 1.807) is 12.3 Å². The van der Waals surface area contributed by atoms with E-state index in [1.807, 2.05) is 18.2 Å². The minimum absolute atomic E-state index is 0.344. The van der Waals surface area contributed by atoms with E-state index in [4.69, 9.17) is 4.74 Å². The maximum Gasteiger partial charge on any atom is 0.124 e. The molecule has 1 aromatic carbocycles. The summed E-state index contributed by atoms with van der Waals surface area (Å²) in [6.45, 7) is 7.03. The van der Waals surface area contributed by atoms with Crippen molar-refractivity contribution in [3.63, 3.8) is 0 Å². The summed E-state index contributed by atoms with van der Waals surface area (Å²) < 4.78 is 16.7. The van der Waals surface area contributed by atoms with Crippen molar-refractivity contribution in [3.05, 3.63) is 42.5 Å². The first kappa shape index (κ1) is 15.9. The van der Waals surface area contributed by atoms with E-state index in [2.05, 4.69) is 24.9 Å². The predicted molar refractivity (Wildman–Crippen MR) is 82.0 cm³/mol. The summed E-state index contributed by atoms with van der Waals surface area (Å²) >= 11 is 0. The van der Waals surface area contributed by atoms with Crippen molar-refractivity contribution >= 4 is 10.8 Å². The maximum atomic E-state index is 11.0. The molecule has 0 radical (unpaired) electrons. The van der Waals surface area contributed by atoms with E-state index in [1.165, 1.54) is 0 Å². The second-order valence-electron chi connectivity index (χ2n) is 4.56. The maximum absolute atomic E-state index is 11.0. The minimum atomic E-state index is -0.719. The fourth-order valence-electron chi connectivity index (χ4n) is 1.67. The van der Waals surface area contributed by atoms with E-state index in [-0.39, 0.29) is 0 Å². The highest BCUT2D eigenvalue weighted by Crippen LogP contribution is 2.17. The average molecular weight is 281 g/mol. The monoisotopic (exact) mass is 281 g/mol. The van der Waals surface area contributed by atoms with Crippen LogP contribution in [0.4, 0.5) is 0 Å². The Morgan fingerprint density at radius 1 is 1.47 bits per heavy atom. The first-order chi connectivity index (χ1) is 9.13. The molecule has 0 fully saturated rings. The van der Waals surface area contributed by atoms with Gasteiger partial charge in [0, 0.05) is 41.0 Å². The molecule has 4 heteroatoms. The molecule has 1 N–H and O–H groups in total. The number of nitrogens with one attached hydrogen (secondary N) is 1. The van der Waals surface area contributed by atoms with Gasteiger partial charge >= 0.3 is 0 Å². The summed E-state index contributed by atoms with van der Waals surface area (Å²) in [7, 11) is -0.719. The van der Waals surface area contributed by atoms with Crippen LogP contribution in [-0.2, 0) is 17.3 Å². The van der Waals surface area contributed by atoms with Gasteiger partial charge in [-0.05, 0) is 19.4 Å². The summed E-state index contributed by atoms with van der Waals surface area (Å²) in [4.78, 5) is 0. The number of ether oxygens (including phenoxy) is 1. The third kappa shape index (κ3) is 6.55. The van der Waals surface area contributed by atoms with Crippen molar-refractivity contribution in [2.24, 2.45) is 0 Å². The van der Waals surface area contributed by atoms with Crippen molar-refractivity contribution < 1.29 is 8.95 Å². The van der Waals surface area contributed by atoms with Crippen molar-refractivity contribution in [3.8, 4) is 5.75 Å². The average Bonchev–Trinajstić information content (AvgIpc) is 2.41. The Hall–Kier alpha value is -1.13. The van der Waals surface area contributed by atoms with Crippen LogP contribution in [0, 0.1) is 0 Å². The molecule has 0 spiro atoms. The lowest BCUT2D eigenvalue weighted by Crippen LogP contribution is -2.27. The van der Waals surface area contributed by atoms with Crippen molar-refractivity contribution in [2.75, 3.05) is 18.6 Å². The lowest BCUT2D eigenvalue weighted by molar-refractivity contribution is 0.356. The van der Waals surface area contributed by atoms with E-state index in [0.717, 1.165) is 30.0 Å². The Labute approximate surface area is 118 Å². The number of hydrogen-bond donors (Lipinski definition) is 1. The van der Waals surface area contributed by atoms with Gasteiger partial charge in [-0.25, -0.2) is 0 Å². The third-order valence-corrected chi connectivity index (χ3v) is 3.62. The molecule has 0 heterocycles. The second-order valence-corrected chi connectivity index (χ2v) is 6.11. The molecule has 0 bridgehead atoms. The molecule has 0 amide bonds. The van der Waals surface area contributed by atoms with Gasteiger partial charge in [0.15, 0.2) is 0 Å². The Balaban J connectivity index is 2.47. The molecule has 0 aromatic heterocycles. The van der Waals surface area contributed by atoms with E-state index < -0.39 is 10.8 Å². The highest BCUT2D eigenvalue weighted by molar-refractivity contribution is 7.84. The predicted octanol–water partition coefficient (Wildman–Crippen LogP) is 2.50. The van der Waals surface area contributed by atoms with Gasteiger partial charge in [0.2, 0.25) is 0 Å². The normalized spacial score (nSPS) is 13.8. The van der Waals surface area contributed by atoms with Crippen LogP contribution in [0.3, 0.4) is 0 Å². The molecule has 1 aromatic rings. The SMILES string of the molecule is C=CCOc1ccccc1CNC(C)CCS(C)=O. The molecule has 0 aliphatic heterocycles.